The van der Waals surface area contributed by atoms with Crippen molar-refractivity contribution in [1.82, 2.24) is 9.13 Å². The number of hydrogen-bond acceptors (Lipinski definition) is 1. The predicted molar refractivity (Wildman–Crippen MR) is 245 cm³/mol. The third-order valence-electron chi connectivity index (χ3n) is 12.0. The van der Waals surface area contributed by atoms with Gasteiger partial charge in [-0.15, -0.1) is 11.3 Å². The standard InChI is InChI=1S/C54H36N2S/c1-3-14-35(15-4-1)36-16-13-17-39(30-36)47-33-41(34-48-46-22-9-12-25-53(46)57-54(47)48)56-50-24-11-8-21-43(50)45-29-27-38(32-52(45)56)37-26-28-44-42-20-7-10-23-49(42)55(51(44)31-37)40-18-5-2-6-19-40/h1-12,14-16,18-34H,13,17H2. The van der Waals surface area contributed by atoms with Gasteiger partial charge in [-0.05, 0) is 101 Å². The first-order valence-corrected chi connectivity index (χ1v) is 20.6. The first-order valence-electron chi connectivity index (χ1n) is 19.8. The summed E-state index contributed by atoms with van der Waals surface area (Å²) in [6.45, 7) is 0. The van der Waals surface area contributed by atoms with Crippen molar-refractivity contribution in [3.8, 4) is 22.5 Å². The van der Waals surface area contributed by atoms with E-state index in [-0.39, 0.29) is 0 Å². The van der Waals surface area contributed by atoms with Crippen LogP contribution in [0.25, 0.3) is 97.4 Å². The van der Waals surface area contributed by atoms with Gasteiger partial charge in [-0.1, -0.05) is 140 Å². The van der Waals surface area contributed by atoms with Crippen LogP contribution in [0.4, 0.5) is 0 Å². The first-order chi connectivity index (χ1) is 28.3. The van der Waals surface area contributed by atoms with Gasteiger partial charge in [0.25, 0.3) is 0 Å². The Kier molecular flexibility index (Phi) is 7.26. The summed E-state index contributed by atoms with van der Waals surface area (Å²) in [5, 5.41) is 7.70. The molecule has 11 aromatic rings. The molecule has 0 unspecified atom stereocenters. The van der Waals surface area contributed by atoms with E-state index in [1.807, 2.05) is 11.3 Å². The summed E-state index contributed by atoms with van der Waals surface area (Å²) in [4.78, 5) is 0. The maximum atomic E-state index is 2.51. The first kappa shape index (κ1) is 32.3. The molecule has 12 rings (SSSR count). The molecule has 3 heterocycles. The van der Waals surface area contributed by atoms with Crippen LogP contribution < -0.4 is 0 Å². The summed E-state index contributed by atoms with van der Waals surface area (Å²) in [6.07, 6.45) is 6.88. The number of benzene rings is 8. The second-order valence-corrected chi connectivity index (χ2v) is 16.3. The Labute approximate surface area is 334 Å². The van der Waals surface area contributed by atoms with Crippen molar-refractivity contribution >= 4 is 86.3 Å². The minimum absolute atomic E-state index is 1.02. The molecule has 3 aromatic heterocycles. The molecule has 1 aliphatic rings. The van der Waals surface area contributed by atoms with Gasteiger partial charge in [-0.3, -0.25) is 0 Å². The van der Waals surface area contributed by atoms with Crippen LogP contribution in [-0.2, 0) is 0 Å². The van der Waals surface area contributed by atoms with E-state index in [9.17, 15) is 0 Å². The lowest BCUT2D eigenvalue weighted by Crippen LogP contribution is -1.98. The van der Waals surface area contributed by atoms with Crippen LogP contribution in [-0.4, -0.2) is 9.13 Å². The zero-order valence-corrected chi connectivity index (χ0v) is 32.0. The molecule has 1 aliphatic carbocycles. The fourth-order valence-electron chi connectivity index (χ4n) is 9.36. The van der Waals surface area contributed by atoms with Crippen LogP contribution >= 0.6 is 11.3 Å². The van der Waals surface area contributed by atoms with Gasteiger partial charge in [0.1, 0.15) is 0 Å². The molecule has 0 amide bonds. The Hall–Kier alpha value is -6.94. The monoisotopic (exact) mass is 744 g/mol. The molecule has 8 aromatic carbocycles. The SMILES string of the molecule is C1=C(c2ccccc2)C=C(c2cc(-n3c4ccccc4c4ccc(-c5ccc6c7ccccc7n(-c7ccccc7)c6c5)cc43)cc3c2sc2ccccc23)CC1. The molecular weight excluding hydrogens is 709 g/mol. The highest BCUT2D eigenvalue weighted by Crippen LogP contribution is 2.45. The van der Waals surface area contributed by atoms with Gasteiger partial charge in [0.15, 0.2) is 0 Å². The number of fused-ring (bicyclic) bond motifs is 9. The second-order valence-electron chi connectivity index (χ2n) is 15.2. The van der Waals surface area contributed by atoms with Gasteiger partial charge < -0.3 is 9.13 Å². The average Bonchev–Trinajstić information content (AvgIpc) is 3.94. The maximum absolute atomic E-state index is 2.51. The van der Waals surface area contributed by atoms with E-state index < -0.39 is 0 Å². The van der Waals surface area contributed by atoms with Crippen LogP contribution in [0.3, 0.4) is 0 Å². The number of para-hydroxylation sites is 3. The van der Waals surface area contributed by atoms with E-state index in [2.05, 4.69) is 203 Å². The summed E-state index contributed by atoms with van der Waals surface area (Å²) >= 11 is 1.92. The van der Waals surface area contributed by atoms with E-state index in [1.54, 1.807) is 0 Å². The van der Waals surface area contributed by atoms with Gasteiger partial charge in [-0.25, -0.2) is 0 Å². The maximum Gasteiger partial charge on any atom is 0.0547 e. The number of aromatic nitrogens is 2. The summed E-state index contributed by atoms with van der Waals surface area (Å²) in [7, 11) is 0. The van der Waals surface area contributed by atoms with Crippen LogP contribution in [0.15, 0.2) is 194 Å². The minimum Gasteiger partial charge on any atom is -0.309 e. The van der Waals surface area contributed by atoms with Gasteiger partial charge in [0, 0.05) is 53.1 Å². The molecule has 0 saturated carbocycles. The minimum atomic E-state index is 1.02. The molecule has 3 heteroatoms. The predicted octanol–water partition coefficient (Wildman–Crippen LogP) is 15.2. The van der Waals surface area contributed by atoms with Crippen molar-refractivity contribution in [1.29, 1.82) is 0 Å². The van der Waals surface area contributed by atoms with Gasteiger partial charge in [0.05, 0.1) is 22.1 Å². The lowest BCUT2D eigenvalue weighted by atomic mass is 9.90. The summed E-state index contributed by atoms with van der Waals surface area (Å²) in [6, 6.07) is 67.1. The van der Waals surface area contributed by atoms with E-state index >= 15 is 0 Å². The van der Waals surface area contributed by atoms with Crippen molar-refractivity contribution in [2.24, 2.45) is 0 Å². The van der Waals surface area contributed by atoms with Crippen LogP contribution in [0.5, 0.6) is 0 Å². The molecule has 0 radical (unpaired) electrons. The van der Waals surface area contributed by atoms with Crippen LogP contribution in [0.1, 0.15) is 24.0 Å². The fraction of sp³-hybridized carbons (Fsp3) is 0.0370. The summed E-state index contributed by atoms with van der Waals surface area (Å²) in [5.74, 6) is 0. The quantitative estimate of drug-likeness (QED) is 0.166. The number of rotatable bonds is 5. The molecule has 57 heavy (non-hydrogen) atoms. The molecule has 0 saturated heterocycles. The topological polar surface area (TPSA) is 9.86 Å². The number of hydrogen-bond donors (Lipinski definition) is 0. The van der Waals surface area contributed by atoms with Crippen molar-refractivity contribution in [2.75, 3.05) is 0 Å². The number of allylic oxidation sites excluding steroid dienone is 4. The largest absolute Gasteiger partial charge is 0.309 e. The zero-order valence-electron chi connectivity index (χ0n) is 31.2. The Morgan fingerprint density at radius 2 is 0.965 bits per heavy atom. The molecule has 0 bridgehead atoms. The third-order valence-corrected chi connectivity index (χ3v) is 13.2. The van der Waals surface area contributed by atoms with Crippen molar-refractivity contribution in [2.45, 2.75) is 12.8 Å². The Morgan fingerprint density at radius 1 is 0.404 bits per heavy atom. The summed E-state index contributed by atoms with van der Waals surface area (Å²) in [5.41, 5.74) is 15.0. The highest BCUT2D eigenvalue weighted by atomic mass is 32.1. The molecule has 0 atom stereocenters. The smallest absolute Gasteiger partial charge is 0.0547 e. The van der Waals surface area contributed by atoms with E-state index in [1.165, 1.54) is 109 Å². The van der Waals surface area contributed by atoms with E-state index in [0.717, 1.165) is 12.8 Å². The van der Waals surface area contributed by atoms with Gasteiger partial charge in [0.2, 0.25) is 0 Å². The molecule has 2 nitrogen and oxygen atoms in total. The van der Waals surface area contributed by atoms with E-state index in [4.69, 9.17) is 0 Å². The average molecular weight is 745 g/mol. The number of thiophene rings is 1. The van der Waals surface area contributed by atoms with Crippen LogP contribution in [0.2, 0.25) is 0 Å². The molecule has 268 valence electrons. The Bertz CT molecular complexity index is 3450. The third kappa shape index (κ3) is 5.09. The molecule has 0 fully saturated rings. The van der Waals surface area contributed by atoms with Gasteiger partial charge in [-0.2, -0.15) is 0 Å². The second kappa shape index (κ2) is 12.8. The lowest BCUT2D eigenvalue weighted by molar-refractivity contribution is 1.06. The Balaban J connectivity index is 1.09. The highest BCUT2D eigenvalue weighted by molar-refractivity contribution is 7.26. The molecular formula is C54H36N2S. The van der Waals surface area contributed by atoms with Crippen LogP contribution in [0, 0.1) is 0 Å². The number of nitrogens with zero attached hydrogens (tertiary/aromatic N) is 2. The van der Waals surface area contributed by atoms with Crippen molar-refractivity contribution < 1.29 is 0 Å². The van der Waals surface area contributed by atoms with E-state index in [0.29, 0.717) is 0 Å². The van der Waals surface area contributed by atoms with Crippen molar-refractivity contribution in [3.63, 3.8) is 0 Å². The normalized spacial score (nSPS) is 13.3. The molecule has 0 aliphatic heterocycles. The lowest BCUT2D eigenvalue weighted by Gasteiger charge is -2.18. The molecule has 0 spiro atoms. The summed E-state index contributed by atoms with van der Waals surface area (Å²) < 4.78 is 7.61. The zero-order chi connectivity index (χ0) is 37.5. The fourth-order valence-corrected chi connectivity index (χ4v) is 10.6. The highest BCUT2D eigenvalue weighted by Gasteiger charge is 2.20. The van der Waals surface area contributed by atoms with Gasteiger partial charge >= 0.3 is 0 Å². The molecule has 0 N–H and O–H groups in total. The Morgan fingerprint density at radius 3 is 1.65 bits per heavy atom. The van der Waals surface area contributed by atoms with Crippen molar-refractivity contribution in [3.05, 3.63) is 205 Å².